The molecule has 0 radical (unpaired) electrons. The quantitative estimate of drug-likeness (QED) is 0.548. The molecule has 0 aliphatic heterocycles. The van der Waals surface area contributed by atoms with Crippen molar-refractivity contribution in [3.8, 4) is 5.75 Å². The molecule has 2 aromatic carbocycles. The first-order valence-corrected chi connectivity index (χ1v) is 8.49. The van der Waals surface area contributed by atoms with Gasteiger partial charge in [-0.3, -0.25) is 0 Å². The minimum Gasteiger partial charge on any atom is -0.434 e. The molecule has 25 heavy (non-hydrogen) atoms. The zero-order chi connectivity index (χ0) is 18.0. The molecule has 1 saturated carbocycles. The summed E-state index contributed by atoms with van der Waals surface area (Å²) >= 11 is 0. The molecule has 4 heteroatoms. The van der Waals surface area contributed by atoms with Gasteiger partial charge in [-0.15, -0.1) is 6.58 Å². The van der Waals surface area contributed by atoms with E-state index in [4.69, 9.17) is 4.74 Å². The highest BCUT2D eigenvalue weighted by molar-refractivity contribution is 5.88. The Morgan fingerprint density at radius 3 is 2.40 bits per heavy atom. The Hall–Kier alpha value is -2.23. The van der Waals surface area contributed by atoms with Gasteiger partial charge in [0.1, 0.15) is 11.6 Å². The average Bonchev–Trinajstić information content (AvgIpc) is 2.61. The third kappa shape index (κ3) is 3.58. The highest BCUT2D eigenvalue weighted by Gasteiger charge is 2.28. The predicted octanol–water partition coefficient (Wildman–Crippen LogP) is 6.68. The highest BCUT2D eigenvalue weighted by Crippen LogP contribution is 2.43. The van der Waals surface area contributed by atoms with Gasteiger partial charge in [0, 0.05) is 10.9 Å². The van der Waals surface area contributed by atoms with E-state index in [0.717, 1.165) is 31.2 Å². The van der Waals surface area contributed by atoms with Crippen molar-refractivity contribution >= 4 is 16.8 Å². The van der Waals surface area contributed by atoms with Gasteiger partial charge in [0.05, 0.1) is 0 Å². The summed E-state index contributed by atoms with van der Waals surface area (Å²) in [5, 5.41) is 0.960. The Balaban J connectivity index is 2.09. The first-order valence-electron chi connectivity index (χ1n) is 8.49. The van der Waals surface area contributed by atoms with E-state index in [-0.39, 0.29) is 17.2 Å². The van der Waals surface area contributed by atoms with E-state index in [1.54, 1.807) is 24.3 Å². The third-order valence-corrected chi connectivity index (χ3v) is 5.07. The Kier molecular flexibility index (Phi) is 5.16. The van der Waals surface area contributed by atoms with Crippen molar-refractivity contribution in [2.75, 3.05) is 0 Å². The van der Waals surface area contributed by atoms with Crippen LogP contribution >= 0.6 is 0 Å². The van der Waals surface area contributed by atoms with E-state index in [0.29, 0.717) is 16.7 Å². The number of allylic oxidation sites excluding steroid dienone is 1. The molecule has 0 atom stereocenters. The van der Waals surface area contributed by atoms with Crippen molar-refractivity contribution < 1.29 is 17.9 Å². The zero-order valence-electron chi connectivity index (χ0n) is 14.0. The predicted molar refractivity (Wildman–Crippen MR) is 95.5 cm³/mol. The molecule has 1 nitrogen and oxygen atoms in total. The first kappa shape index (κ1) is 17.6. The van der Waals surface area contributed by atoms with E-state index in [1.807, 2.05) is 6.08 Å². The fourth-order valence-corrected chi connectivity index (χ4v) is 3.72. The van der Waals surface area contributed by atoms with Crippen LogP contribution in [0.15, 0.2) is 43.5 Å². The topological polar surface area (TPSA) is 9.23 Å². The smallest absolute Gasteiger partial charge is 0.387 e. The first-order chi connectivity index (χ1) is 12.0. The van der Waals surface area contributed by atoms with E-state index in [9.17, 15) is 8.78 Å². The van der Waals surface area contributed by atoms with Crippen LogP contribution in [0.1, 0.15) is 42.7 Å². The summed E-state index contributed by atoms with van der Waals surface area (Å²) in [5.41, 5.74) is 1.08. The normalized spacial score (nSPS) is 20.6. The number of alkyl halides is 2. The summed E-state index contributed by atoms with van der Waals surface area (Å²) < 4.78 is 45.7. The molecule has 0 aromatic heterocycles. The summed E-state index contributed by atoms with van der Waals surface area (Å²) in [6.07, 6.45) is 6.80. The van der Waals surface area contributed by atoms with Crippen LogP contribution in [0.3, 0.4) is 0 Å². The zero-order valence-corrected chi connectivity index (χ0v) is 14.0. The second-order valence-electron chi connectivity index (χ2n) is 6.51. The Labute approximate surface area is 145 Å². The van der Waals surface area contributed by atoms with E-state index < -0.39 is 12.4 Å². The summed E-state index contributed by atoms with van der Waals surface area (Å²) in [5.74, 6) is -0.211. The third-order valence-electron chi connectivity index (χ3n) is 5.07. The van der Waals surface area contributed by atoms with Gasteiger partial charge in [-0.25, -0.2) is 4.39 Å². The van der Waals surface area contributed by atoms with Gasteiger partial charge in [-0.2, -0.15) is 8.78 Å². The minimum absolute atomic E-state index is 0.0525. The van der Waals surface area contributed by atoms with Crippen LogP contribution in [-0.2, 0) is 0 Å². The molecule has 0 unspecified atom stereocenters. The van der Waals surface area contributed by atoms with Crippen LogP contribution in [0.4, 0.5) is 13.2 Å². The number of hydrogen-bond donors (Lipinski definition) is 0. The van der Waals surface area contributed by atoms with Crippen LogP contribution in [0.25, 0.3) is 16.8 Å². The molecule has 1 aliphatic rings. The summed E-state index contributed by atoms with van der Waals surface area (Å²) in [6.45, 7) is 4.51. The largest absolute Gasteiger partial charge is 0.434 e. The van der Waals surface area contributed by atoms with Crippen molar-refractivity contribution in [1.29, 1.82) is 0 Å². The molecule has 0 N–H and O–H groups in total. The monoisotopic (exact) mass is 346 g/mol. The van der Waals surface area contributed by atoms with Crippen LogP contribution in [-0.4, -0.2) is 6.61 Å². The number of ether oxygens (including phenoxy) is 1. The molecule has 0 bridgehead atoms. The maximum atomic E-state index is 15.2. The van der Waals surface area contributed by atoms with Crippen LogP contribution in [0, 0.1) is 11.7 Å². The van der Waals surface area contributed by atoms with Crippen LogP contribution < -0.4 is 4.74 Å². The number of benzene rings is 2. The minimum atomic E-state index is -2.98. The van der Waals surface area contributed by atoms with Gasteiger partial charge < -0.3 is 4.74 Å². The summed E-state index contributed by atoms with van der Waals surface area (Å²) in [6, 6.07) is 6.69. The molecular weight excluding hydrogens is 325 g/mol. The Morgan fingerprint density at radius 1 is 1.08 bits per heavy atom. The fourth-order valence-electron chi connectivity index (χ4n) is 3.72. The molecular formula is C21H21F3O. The van der Waals surface area contributed by atoms with Gasteiger partial charge in [0.25, 0.3) is 0 Å². The molecule has 0 amide bonds. The number of rotatable bonds is 5. The summed E-state index contributed by atoms with van der Waals surface area (Å²) in [7, 11) is 0. The van der Waals surface area contributed by atoms with Gasteiger partial charge in [0.15, 0.2) is 0 Å². The van der Waals surface area contributed by atoms with Gasteiger partial charge in [0.2, 0.25) is 0 Å². The molecule has 1 aliphatic carbocycles. The van der Waals surface area contributed by atoms with Gasteiger partial charge >= 0.3 is 6.61 Å². The number of halogens is 3. The van der Waals surface area contributed by atoms with Crippen molar-refractivity contribution in [1.82, 2.24) is 0 Å². The molecule has 0 saturated heterocycles. The summed E-state index contributed by atoms with van der Waals surface area (Å²) in [4.78, 5) is 0. The molecule has 0 spiro atoms. The van der Waals surface area contributed by atoms with E-state index in [1.165, 1.54) is 6.07 Å². The molecule has 1 fully saturated rings. The van der Waals surface area contributed by atoms with E-state index >= 15 is 4.39 Å². The lowest BCUT2D eigenvalue weighted by Crippen LogP contribution is -2.15. The molecule has 0 heterocycles. The fraction of sp³-hybridized carbons (Fsp3) is 0.333. The lowest BCUT2D eigenvalue weighted by atomic mass is 9.78. The lowest BCUT2D eigenvalue weighted by molar-refractivity contribution is -0.0508. The second-order valence-corrected chi connectivity index (χ2v) is 6.51. The highest BCUT2D eigenvalue weighted by atomic mass is 19.3. The van der Waals surface area contributed by atoms with E-state index in [2.05, 4.69) is 13.2 Å². The standard InChI is InChI=1S/C21H21F3O/c1-3-13-5-8-15(9-6-13)19-18(25-21(23)24)12-16-11-14(4-2)7-10-17(16)20(19)22/h3-4,7,10-13,15,21H,1-2,5-6,8-9H2. The SMILES string of the molecule is C=Cc1ccc2c(F)c(C3CCC(C=C)CC3)c(OC(F)F)cc2c1. The maximum Gasteiger partial charge on any atom is 0.387 e. The van der Waals surface area contributed by atoms with Crippen molar-refractivity contribution in [3.63, 3.8) is 0 Å². The Bertz CT molecular complexity index is 789. The molecule has 2 aromatic rings. The van der Waals surface area contributed by atoms with Crippen molar-refractivity contribution in [2.24, 2.45) is 5.92 Å². The van der Waals surface area contributed by atoms with Crippen molar-refractivity contribution in [2.45, 2.75) is 38.2 Å². The number of hydrogen-bond acceptors (Lipinski definition) is 1. The van der Waals surface area contributed by atoms with Gasteiger partial charge in [-0.05, 0) is 60.6 Å². The van der Waals surface area contributed by atoms with Gasteiger partial charge in [-0.1, -0.05) is 30.9 Å². The average molecular weight is 346 g/mol. The second kappa shape index (κ2) is 7.34. The Morgan fingerprint density at radius 2 is 1.80 bits per heavy atom. The van der Waals surface area contributed by atoms with Crippen LogP contribution in [0.2, 0.25) is 0 Å². The number of fused-ring (bicyclic) bond motifs is 1. The van der Waals surface area contributed by atoms with Crippen LogP contribution in [0.5, 0.6) is 5.75 Å². The lowest BCUT2D eigenvalue weighted by Gasteiger charge is -2.29. The molecule has 3 rings (SSSR count). The van der Waals surface area contributed by atoms with Crippen molar-refractivity contribution in [3.05, 3.63) is 60.4 Å². The molecule has 132 valence electrons. The maximum absolute atomic E-state index is 15.2.